The number of rotatable bonds is 9. The van der Waals surface area contributed by atoms with E-state index in [0.29, 0.717) is 24.3 Å². The molecule has 0 amide bonds. The van der Waals surface area contributed by atoms with Crippen LogP contribution in [0.5, 0.6) is 0 Å². The SMILES string of the molecule is CC([NH2+]CCC(=O)/C(=C/c1ccccc1)c1ccco1)C(O)c1ccccc1.[Cl-]. The molecule has 0 saturated heterocycles. The number of Topliss-reactive ketones (excluding diaryl/α,β-unsaturated/α-hetero) is 1. The molecule has 0 bridgehead atoms. The van der Waals surface area contributed by atoms with Crippen molar-refractivity contribution >= 4 is 17.4 Å². The Balaban J connectivity index is 0.00000300. The van der Waals surface area contributed by atoms with Gasteiger partial charge in [0, 0.05) is 0 Å². The summed E-state index contributed by atoms with van der Waals surface area (Å²) in [7, 11) is 0. The second kappa shape index (κ2) is 11.4. The zero-order chi connectivity index (χ0) is 19.8. The first kappa shape index (κ1) is 22.6. The van der Waals surface area contributed by atoms with Crippen LogP contribution in [-0.4, -0.2) is 23.5 Å². The van der Waals surface area contributed by atoms with E-state index in [9.17, 15) is 9.90 Å². The minimum Gasteiger partial charge on any atom is -1.00 e. The van der Waals surface area contributed by atoms with Crippen molar-refractivity contribution in [3.05, 3.63) is 95.9 Å². The maximum atomic E-state index is 12.9. The fraction of sp³-hybridized carbons (Fsp3) is 0.208. The van der Waals surface area contributed by atoms with Gasteiger partial charge in [0.25, 0.3) is 0 Å². The second-order valence-electron chi connectivity index (χ2n) is 6.86. The highest BCUT2D eigenvalue weighted by molar-refractivity contribution is 6.24. The van der Waals surface area contributed by atoms with Crippen LogP contribution in [0.4, 0.5) is 0 Å². The molecule has 2 unspecified atom stereocenters. The molecule has 0 fully saturated rings. The number of quaternary nitrogens is 1. The van der Waals surface area contributed by atoms with Crippen LogP contribution in [0.3, 0.4) is 0 Å². The van der Waals surface area contributed by atoms with Crippen LogP contribution in [0, 0.1) is 0 Å². The Kier molecular flexibility index (Phi) is 8.87. The lowest BCUT2D eigenvalue weighted by atomic mass is 10.0. The van der Waals surface area contributed by atoms with E-state index in [2.05, 4.69) is 0 Å². The van der Waals surface area contributed by atoms with E-state index in [0.717, 1.165) is 11.1 Å². The minimum atomic E-state index is -0.569. The van der Waals surface area contributed by atoms with Crippen LogP contribution in [0.25, 0.3) is 11.6 Å². The summed E-state index contributed by atoms with van der Waals surface area (Å²) in [6, 6.07) is 22.9. The number of allylic oxidation sites excluding steroid dienone is 1. The van der Waals surface area contributed by atoms with Crippen molar-refractivity contribution in [3.8, 4) is 0 Å². The smallest absolute Gasteiger partial charge is 0.172 e. The Morgan fingerprint density at radius 3 is 2.31 bits per heavy atom. The standard InChI is InChI=1S/C24H25NO3.ClH/c1-18(24(27)20-11-6-3-7-12-20)25-15-14-22(26)21(23-13-8-16-28-23)17-19-9-4-2-5-10-19;/h2-13,16-18,24-25,27H,14-15H2,1H3;1H/b21-17-;. The summed E-state index contributed by atoms with van der Waals surface area (Å²) in [5, 5.41) is 12.5. The molecule has 4 nitrogen and oxygen atoms in total. The van der Waals surface area contributed by atoms with Gasteiger partial charge < -0.3 is 27.2 Å². The summed E-state index contributed by atoms with van der Waals surface area (Å²) in [6.07, 6.45) is 3.24. The van der Waals surface area contributed by atoms with E-state index in [1.165, 1.54) is 0 Å². The van der Waals surface area contributed by atoms with E-state index in [1.807, 2.05) is 79.0 Å². The van der Waals surface area contributed by atoms with Gasteiger partial charge in [-0.2, -0.15) is 0 Å². The monoisotopic (exact) mass is 411 g/mol. The average molecular weight is 412 g/mol. The molecule has 0 aliphatic carbocycles. The largest absolute Gasteiger partial charge is 1.00 e. The first-order valence-corrected chi connectivity index (χ1v) is 9.55. The molecular weight excluding hydrogens is 386 g/mol. The van der Waals surface area contributed by atoms with Crippen LogP contribution < -0.4 is 17.7 Å². The van der Waals surface area contributed by atoms with Crippen LogP contribution in [0.15, 0.2) is 83.5 Å². The molecule has 0 aliphatic rings. The lowest BCUT2D eigenvalue weighted by molar-refractivity contribution is -0.693. The number of aliphatic hydroxyl groups excluding tert-OH is 1. The average Bonchev–Trinajstić information content (AvgIpc) is 3.27. The third kappa shape index (κ3) is 6.43. The van der Waals surface area contributed by atoms with Gasteiger partial charge in [-0.15, -0.1) is 0 Å². The summed E-state index contributed by atoms with van der Waals surface area (Å²) in [5.41, 5.74) is 2.41. The molecule has 0 spiro atoms. The summed E-state index contributed by atoms with van der Waals surface area (Å²) >= 11 is 0. The maximum absolute atomic E-state index is 12.9. The van der Waals surface area contributed by atoms with Gasteiger partial charge in [-0.1, -0.05) is 60.7 Å². The Hall–Kier alpha value is -2.66. The highest BCUT2D eigenvalue weighted by atomic mass is 35.5. The van der Waals surface area contributed by atoms with Crippen LogP contribution in [-0.2, 0) is 4.79 Å². The van der Waals surface area contributed by atoms with Gasteiger partial charge in [-0.25, -0.2) is 0 Å². The highest BCUT2D eigenvalue weighted by Gasteiger charge is 2.20. The molecule has 0 radical (unpaired) electrons. The molecular formula is C24H26ClNO3. The number of halogens is 1. The molecule has 3 N–H and O–H groups in total. The molecule has 0 saturated carbocycles. The van der Waals surface area contributed by atoms with Crippen LogP contribution in [0.1, 0.15) is 36.3 Å². The number of furan rings is 1. The predicted octanol–water partition coefficient (Wildman–Crippen LogP) is 0.469. The van der Waals surface area contributed by atoms with E-state index in [1.54, 1.807) is 18.4 Å². The number of carbonyl (C=O) groups is 1. The van der Waals surface area contributed by atoms with Gasteiger partial charge in [-0.3, -0.25) is 4.79 Å². The number of hydrogen-bond donors (Lipinski definition) is 2. The quantitative estimate of drug-likeness (QED) is 0.503. The molecule has 2 aromatic carbocycles. The lowest BCUT2D eigenvalue weighted by Gasteiger charge is -2.17. The Morgan fingerprint density at radius 1 is 1.03 bits per heavy atom. The normalized spacial score (nSPS) is 13.4. The van der Waals surface area contributed by atoms with Gasteiger partial charge in [0.1, 0.15) is 17.9 Å². The molecule has 3 aromatic rings. The lowest BCUT2D eigenvalue weighted by Crippen LogP contribution is -3.00. The zero-order valence-electron chi connectivity index (χ0n) is 16.4. The van der Waals surface area contributed by atoms with Crippen molar-refractivity contribution in [1.29, 1.82) is 0 Å². The fourth-order valence-electron chi connectivity index (χ4n) is 3.13. The van der Waals surface area contributed by atoms with Crippen LogP contribution >= 0.6 is 0 Å². The Labute approximate surface area is 177 Å². The second-order valence-corrected chi connectivity index (χ2v) is 6.86. The Morgan fingerprint density at radius 2 is 1.69 bits per heavy atom. The molecule has 3 rings (SSSR count). The Bertz CT molecular complexity index is 892. The molecule has 0 aliphatic heterocycles. The molecule has 29 heavy (non-hydrogen) atoms. The van der Waals surface area contributed by atoms with E-state index in [4.69, 9.17) is 4.42 Å². The number of nitrogens with two attached hydrogens (primary N) is 1. The summed E-state index contributed by atoms with van der Waals surface area (Å²) in [6.45, 7) is 2.56. The van der Waals surface area contributed by atoms with Crippen molar-refractivity contribution in [2.75, 3.05) is 6.54 Å². The predicted molar refractivity (Wildman–Crippen MR) is 110 cm³/mol. The van der Waals surface area contributed by atoms with E-state index >= 15 is 0 Å². The zero-order valence-corrected chi connectivity index (χ0v) is 17.1. The number of hydrogen-bond acceptors (Lipinski definition) is 3. The highest BCUT2D eigenvalue weighted by Crippen LogP contribution is 2.21. The topological polar surface area (TPSA) is 67.0 Å². The number of ketones is 1. The first-order valence-electron chi connectivity index (χ1n) is 9.55. The van der Waals surface area contributed by atoms with E-state index < -0.39 is 6.10 Å². The molecule has 2 atom stereocenters. The number of aliphatic hydroxyl groups is 1. The van der Waals surface area contributed by atoms with Crippen molar-refractivity contribution in [1.82, 2.24) is 0 Å². The summed E-state index contributed by atoms with van der Waals surface area (Å²) in [5.74, 6) is 0.600. The summed E-state index contributed by atoms with van der Waals surface area (Å²) < 4.78 is 5.47. The van der Waals surface area contributed by atoms with Crippen molar-refractivity contribution in [2.45, 2.75) is 25.5 Å². The first-order chi connectivity index (χ1) is 13.6. The van der Waals surface area contributed by atoms with Crippen molar-refractivity contribution in [2.24, 2.45) is 0 Å². The fourth-order valence-corrected chi connectivity index (χ4v) is 3.13. The molecule has 152 valence electrons. The van der Waals surface area contributed by atoms with Crippen LogP contribution in [0.2, 0.25) is 0 Å². The van der Waals surface area contributed by atoms with E-state index in [-0.39, 0.29) is 24.2 Å². The maximum Gasteiger partial charge on any atom is 0.172 e. The van der Waals surface area contributed by atoms with Gasteiger partial charge in [0.05, 0.1) is 24.8 Å². The van der Waals surface area contributed by atoms with Gasteiger partial charge in [0.15, 0.2) is 5.78 Å². The number of benzene rings is 2. The minimum absolute atomic E-state index is 0. The molecule has 5 heteroatoms. The third-order valence-electron chi connectivity index (χ3n) is 4.75. The third-order valence-corrected chi connectivity index (χ3v) is 4.75. The van der Waals surface area contributed by atoms with Crippen molar-refractivity contribution < 1.29 is 32.0 Å². The number of carbonyl (C=O) groups excluding carboxylic acids is 1. The molecule has 1 aromatic heterocycles. The van der Waals surface area contributed by atoms with Gasteiger partial charge in [0.2, 0.25) is 0 Å². The van der Waals surface area contributed by atoms with Gasteiger partial charge >= 0.3 is 0 Å². The van der Waals surface area contributed by atoms with Gasteiger partial charge in [-0.05, 0) is 36.3 Å². The summed E-state index contributed by atoms with van der Waals surface area (Å²) in [4.78, 5) is 12.9. The van der Waals surface area contributed by atoms with Crippen molar-refractivity contribution in [3.63, 3.8) is 0 Å². The molecule has 1 heterocycles.